The Morgan fingerprint density at radius 2 is 1.88 bits per heavy atom. The summed E-state index contributed by atoms with van der Waals surface area (Å²) in [5, 5.41) is 0. The number of hydrogen-bond acceptors (Lipinski definition) is 4. The minimum absolute atomic E-state index is 0.0971. The van der Waals surface area contributed by atoms with Crippen LogP contribution in [-0.4, -0.2) is 16.8 Å². The molecule has 1 saturated heterocycles. The first kappa shape index (κ1) is 16.7. The van der Waals surface area contributed by atoms with Crippen molar-refractivity contribution in [2.45, 2.75) is 13.8 Å². The van der Waals surface area contributed by atoms with Crippen molar-refractivity contribution in [2.75, 3.05) is 11.5 Å². The Kier molecular flexibility index (Phi) is 5.02. The van der Waals surface area contributed by atoms with Gasteiger partial charge in [0.15, 0.2) is 4.32 Å². The lowest BCUT2D eigenvalue weighted by Gasteiger charge is -2.14. The number of amides is 1. The van der Waals surface area contributed by atoms with Crippen molar-refractivity contribution in [3.63, 3.8) is 0 Å². The van der Waals surface area contributed by atoms with Gasteiger partial charge in [0, 0.05) is 5.56 Å². The second-order valence-corrected chi connectivity index (χ2v) is 7.00. The molecule has 1 aliphatic heterocycles. The van der Waals surface area contributed by atoms with E-state index in [0.29, 0.717) is 15.8 Å². The van der Waals surface area contributed by atoms with Crippen LogP contribution < -0.4 is 9.64 Å². The zero-order chi connectivity index (χ0) is 17.1. The first-order valence-corrected chi connectivity index (χ1v) is 8.89. The second kappa shape index (κ2) is 7.20. The lowest BCUT2D eigenvalue weighted by Crippen LogP contribution is -2.27. The van der Waals surface area contributed by atoms with E-state index < -0.39 is 0 Å². The molecule has 0 bridgehead atoms. The molecule has 1 fully saturated rings. The molecule has 1 heterocycles. The van der Waals surface area contributed by atoms with Gasteiger partial charge in [-0.1, -0.05) is 59.9 Å². The third-order valence-electron chi connectivity index (χ3n) is 3.59. The van der Waals surface area contributed by atoms with Gasteiger partial charge in [0.1, 0.15) is 5.75 Å². The molecule has 0 unspecified atom stereocenters. The van der Waals surface area contributed by atoms with Gasteiger partial charge < -0.3 is 4.74 Å². The normalized spacial score (nSPS) is 16.1. The van der Waals surface area contributed by atoms with E-state index in [4.69, 9.17) is 17.0 Å². The third kappa shape index (κ3) is 3.37. The number of rotatable bonds is 4. The van der Waals surface area contributed by atoms with E-state index in [1.165, 1.54) is 11.8 Å². The lowest BCUT2D eigenvalue weighted by atomic mass is 10.1. The van der Waals surface area contributed by atoms with Crippen LogP contribution in [0.2, 0.25) is 0 Å². The van der Waals surface area contributed by atoms with Crippen molar-refractivity contribution >= 4 is 46.0 Å². The Hall–Kier alpha value is -2.11. The molecule has 0 radical (unpaired) electrons. The molecular formula is C19H17NO2S2. The number of aryl methyl sites for hydroxylation is 1. The van der Waals surface area contributed by atoms with Gasteiger partial charge in [-0.25, -0.2) is 0 Å². The van der Waals surface area contributed by atoms with E-state index in [1.807, 2.05) is 68.5 Å². The molecule has 3 rings (SSSR count). The van der Waals surface area contributed by atoms with E-state index in [9.17, 15) is 4.79 Å². The summed E-state index contributed by atoms with van der Waals surface area (Å²) in [7, 11) is 0. The third-order valence-corrected chi connectivity index (χ3v) is 4.89. The molecular weight excluding hydrogens is 338 g/mol. The summed E-state index contributed by atoms with van der Waals surface area (Å²) in [6.45, 7) is 4.53. The number of nitrogens with zero attached hydrogens (tertiary/aromatic N) is 1. The Morgan fingerprint density at radius 3 is 2.58 bits per heavy atom. The first-order valence-electron chi connectivity index (χ1n) is 7.66. The Balaban J connectivity index is 1.93. The second-order valence-electron chi connectivity index (χ2n) is 5.32. The number of thioether (sulfide) groups is 1. The number of anilines is 1. The van der Waals surface area contributed by atoms with Crippen LogP contribution in [0.4, 0.5) is 5.69 Å². The van der Waals surface area contributed by atoms with Gasteiger partial charge >= 0.3 is 0 Å². The number of para-hydroxylation sites is 1. The maximum atomic E-state index is 12.8. The van der Waals surface area contributed by atoms with Crippen molar-refractivity contribution in [1.29, 1.82) is 0 Å². The molecule has 1 aliphatic rings. The van der Waals surface area contributed by atoms with Gasteiger partial charge in [0.05, 0.1) is 17.2 Å². The molecule has 5 heteroatoms. The van der Waals surface area contributed by atoms with E-state index >= 15 is 0 Å². The number of hydrogen-bond donors (Lipinski definition) is 0. The van der Waals surface area contributed by atoms with Crippen LogP contribution in [0.25, 0.3) is 6.08 Å². The molecule has 0 saturated carbocycles. The largest absolute Gasteiger partial charge is 0.493 e. The van der Waals surface area contributed by atoms with E-state index in [1.54, 1.807) is 4.90 Å². The van der Waals surface area contributed by atoms with Gasteiger partial charge in [-0.05, 0) is 38.1 Å². The molecule has 3 nitrogen and oxygen atoms in total. The Bertz CT molecular complexity index is 812. The lowest BCUT2D eigenvalue weighted by molar-refractivity contribution is -0.113. The molecule has 2 aromatic carbocycles. The van der Waals surface area contributed by atoms with Crippen LogP contribution in [0.15, 0.2) is 53.4 Å². The minimum atomic E-state index is -0.0971. The molecule has 0 atom stereocenters. The first-order chi connectivity index (χ1) is 11.6. The molecule has 2 aromatic rings. The van der Waals surface area contributed by atoms with Crippen molar-refractivity contribution < 1.29 is 9.53 Å². The van der Waals surface area contributed by atoms with Crippen molar-refractivity contribution in [3.8, 4) is 5.75 Å². The Morgan fingerprint density at radius 1 is 1.17 bits per heavy atom. The van der Waals surface area contributed by atoms with Crippen molar-refractivity contribution in [1.82, 2.24) is 0 Å². The van der Waals surface area contributed by atoms with E-state index in [0.717, 1.165) is 22.6 Å². The summed E-state index contributed by atoms with van der Waals surface area (Å²) >= 11 is 6.72. The number of carbonyl (C=O) groups is 1. The maximum absolute atomic E-state index is 12.8. The zero-order valence-corrected chi connectivity index (χ0v) is 15.1. The molecule has 24 heavy (non-hydrogen) atoms. The Labute approximate surface area is 151 Å². The standard InChI is InChI=1S/C19H17NO2S2/c1-3-22-16-7-5-4-6-14(16)12-17-18(21)20(19(23)24-17)15-10-8-13(2)9-11-15/h4-12H,3H2,1-2H3/b17-12+. The quantitative estimate of drug-likeness (QED) is 0.582. The summed E-state index contributed by atoms with van der Waals surface area (Å²) in [6.07, 6.45) is 1.85. The minimum Gasteiger partial charge on any atom is -0.493 e. The van der Waals surface area contributed by atoms with Crippen LogP contribution in [0.1, 0.15) is 18.1 Å². The van der Waals surface area contributed by atoms with Crippen LogP contribution in [-0.2, 0) is 4.79 Å². The summed E-state index contributed by atoms with van der Waals surface area (Å²) in [5.74, 6) is 0.667. The van der Waals surface area contributed by atoms with Gasteiger partial charge in [-0.15, -0.1) is 0 Å². The maximum Gasteiger partial charge on any atom is 0.270 e. The van der Waals surface area contributed by atoms with Crippen LogP contribution in [0.3, 0.4) is 0 Å². The van der Waals surface area contributed by atoms with Crippen molar-refractivity contribution in [3.05, 3.63) is 64.6 Å². The summed E-state index contributed by atoms with van der Waals surface area (Å²) in [4.78, 5) is 15.0. The summed E-state index contributed by atoms with van der Waals surface area (Å²) in [5.41, 5.74) is 2.82. The highest BCUT2D eigenvalue weighted by molar-refractivity contribution is 8.27. The molecule has 0 aromatic heterocycles. The average Bonchev–Trinajstić information content (AvgIpc) is 2.85. The van der Waals surface area contributed by atoms with Crippen LogP contribution >= 0.6 is 24.0 Å². The zero-order valence-electron chi connectivity index (χ0n) is 13.5. The van der Waals surface area contributed by atoms with Gasteiger partial charge in [0.2, 0.25) is 0 Å². The molecule has 0 aliphatic carbocycles. The van der Waals surface area contributed by atoms with Gasteiger partial charge in [-0.2, -0.15) is 0 Å². The summed E-state index contributed by atoms with van der Waals surface area (Å²) in [6, 6.07) is 15.5. The molecule has 122 valence electrons. The van der Waals surface area contributed by atoms with Crippen LogP contribution in [0, 0.1) is 6.92 Å². The van der Waals surface area contributed by atoms with Gasteiger partial charge in [-0.3, -0.25) is 9.69 Å². The van der Waals surface area contributed by atoms with Crippen molar-refractivity contribution in [2.24, 2.45) is 0 Å². The topological polar surface area (TPSA) is 29.5 Å². The highest BCUT2D eigenvalue weighted by atomic mass is 32.2. The van der Waals surface area contributed by atoms with E-state index in [2.05, 4.69) is 0 Å². The monoisotopic (exact) mass is 355 g/mol. The smallest absolute Gasteiger partial charge is 0.270 e. The van der Waals surface area contributed by atoms with Crippen LogP contribution in [0.5, 0.6) is 5.75 Å². The highest BCUT2D eigenvalue weighted by Gasteiger charge is 2.33. The van der Waals surface area contributed by atoms with Gasteiger partial charge in [0.25, 0.3) is 5.91 Å². The highest BCUT2D eigenvalue weighted by Crippen LogP contribution is 2.37. The number of benzene rings is 2. The van der Waals surface area contributed by atoms with E-state index in [-0.39, 0.29) is 5.91 Å². The fourth-order valence-corrected chi connectivity index (χ4v) is 3.70. The average molecular weight is 355 g/mol. The predicted molar refractivity (Wildman–Crippen MR) is 104 cm³/mol. The fourth-order valence-electron chi connectivity index (χ4n) is 2.41. The number of carbonyl (C=O) groups excluding carboxylic acids is 1. The molecule has 0 spiro atoms. The summed E-state index contributed by atoms with van der Waals surface area (Å²) < 4.78 is 6.17. The molecule has 1 amide bonds. The SMILES string of the molecule is CCOc1ccccc1/C=C1/SC(=S)N(c2ccc(C)cc2)C1=O. The fraction of sp³-hybridized carbons (Fsp3) is 0.158. The number of thiocarbonyl (C=S) groups is 1. The predicted octanol–water partition coefficient (Wildman–Crippen LogP) is 4.80. The molecule has 0 N–H and O–H groups in total. The number of ether oxygens (including phenoxy) is 1.